The fourth-order valence-electron chi connectivity index (χ4n) is 3.47. The fourth-order valence-corrected chi connectivity index (χ4v) is 3.47. The monoisotopic (exact) mass is 256 g/mol. The molecule has 0 spiro atoms. The van der Waals surface area contributed by atoms with E-state index in [1.807, 2.05) is 6.92 Å². The van der Waals surface area contributed by atoms with Crippen molar-refractivity contribution in [3.8, 4) is 0 Å². The van der Waals surface area contributed by atoms with Gasteiger partial charge in [-0.1, -0.05) is 40.0 Å². The quantitative estimate of drug-likeness (QED) is 0.765. The van der Waals surface area contributed by atoms with E-state index in [-0.39, 0.29) is 5.92 Å². The van der Waals surface area contributed by atoms with Crippen molar-refractivity contribution in [2.24, 2.45) is 17.8 Å². The van der Waals surface area contributed by atoms with Gasteiger partial charge in [0.05, 0.1) is 0 Å². The minimum atomic E-state index is -1.50. The lowest BCUT2D eigenvalue weighted by Gasteiger charge is -2.38. The van der Waals surface area contributed by atoms with Crippen LogP contribution in [0.1, 0.15) is 65.7 Å². The van der Waals surface area contributed by atoms with E-state index in [0.29, 0.717) is 24.7 Å². The van der Waals surface area contributed by atoms with Crippen molar-refractivity contribution in [1.29, 1.82) is 0 Å². The molecule has 2 N–H and O–H groups in total. The van der Waals surface area contributed by atoms with Crippen LogP contribution in [0, 0.1) is 17.8 Å². The van der Waals surface area contributed by atoms with Gasteiger partial charge in [-0.05, 0) is 43.4 Å². The molecule has 3 heteroatoms. The second-order valence-corrected chi connectivity index (χ2v) is 6.34. The highest BCUT2D eigenvalue weighted by molar-refractivity contribution is 5.77. The van der Waals surface area contributed by atoms with Crippen LogP contribution in [0.15, 0.2) is 0 Å². The summed E-state index contributed by atoms with van der Waals surface area (Å²) in [5.74, 6) is 0.149. The summed E-state index contributed by atoms with van der Waals surface area (Å²) in [6.07, 6.45) is 6.23. The first-order valence-corrected chi connectivity index (χ1v) is 7.35. The Morgan fingerprint density at radius 1 is 1.39 bits per heavy atom. The number of hydrogen-bond acceptors (Lipinski definition) is 2. The summed E-state index contributed by atoms with van der Waals surface area (Å²) in [7, 11) is 0. The summed E-state index contributed by atoms with van der Waals surface area (Å²) in [6, 6.07) is 0. The topological polar surface area (TPSA) is 57.5 Å². The second kappa shape index (κ2) is 6.55. The van der Waals surface area contributed by atoms with Gasteiger partial charge in [0.25, 0.3) is 0 Å². The van der Waals surface area contributed by atoms with Gasteiger partial charge in [-0.25, -0.2) is 4.79 Å². The molecule has 1 rings (SSSR count). The third kappa shape index (κ3) is 3.71. The molecule has 0 bridgehead atoms. The van der Waals surface area contributed by atoms with Crippen LogP contribution in [-0.2, 0) is 4.79 Å². The first kappa shape index (κ1) is 15.5. The third-order valence-corrected chi connectivity index (χ3v) is 4.26. The van der Waals surface area contributed by atoms with Gasteiger partial charge in [-0.2, -0.15) is 0 Å². The molecule has 0 amide bonds. The van der Waals surface area contributed by atoms with Crippen molar-refractivity contribution < 1.29 is 15.0 Å². The molecular formula is C15H28O3. The maximum atomic E-state index is 11.4. The van der Waals surface area contributed by atoms with E-state index in [1.54, 1.807) is 0 Å². The van der Waals surface area contributed by atoms with Gasteiger partial charge in [0.15, 0.2) is 5.60 Å². The molecule has 0 saturated heterocycles. The molecule has 3 atom stereocenters. The van der Waals surface area contributed by atoms with Crippen molar-refractivity contribution >= 4 is 5.97 Å². The van der Waals surface area contributed by atoms with Crippen LogP contribution in [0.5, 0.6) is 0 Å². The van der Waals surface area contributed by atoms with Gasteiger partial charge in [-0.3, -0.25) is 0 Å². The van der Waals surface area contributed by atoms with E-state index in [2.05, 4.69) is 13.8 Å². The molecule has 1 aliphatic rings. The van der Waals surface area contributed by atoms with E-state index in [9.17, 15) is 15.0 Å². The van der Waals surface area contributed by atoms with E-state index in [4.69, 9.17) is 0 Å². The Morgan fingerprint density at radius 2 is 2.06 bits per heavy atom. The molecule has 0 aliphatic heterocycles. The molecule has 0 aromatic rings. The molecule has 0 aromatic carbocycles. The van der Waals surface area contributed by atoms with Crippen LogP contribution in [0.3, 0.4) is 0 Å². The lowest BCUT2D eigenvalue weighted by molar-refractivity contribution is -0.168. The Bertz CT molecular complexity index is 275. The number of carboxylic acids is 1. The maximum Gasteiger partial charge on any atom is 0.335 e. The zero-order valence-electron chi connectivity index (χ0n) is 12.0. The molecule has 106 valence electrons. The molecule has 3 unspecified atom stereocenters. The third-order valence-electron chi connectivity index (χ3n) is 4.26. The first-order valence-electron chi connectivity index (χ1n) is 7.35. The van der Waals surface area contributed by atoms with E-state index < -0.39 is 11.6 Å². The highest BCUT2D eigenvalue weighted by Crippen LogP contribution is 2.40. The SMILES string of the molecule is CCCC(O)(C(=O)O)C1CCCC(CC(C)C)C1. The summed E-state index contributed by atoms with van der Waals surface area (Å²) in [6.45, 7) is 6.35. The standard InChI is InChI=1S/C15H28O3/c1-4-8-15(18,14(16)17)13-7-5-6-12(10-13)9-11(2)3/h11-13,18H,4-10H2,1-3H3,(H,16,17). The number of aliphatic carboxylic acids is 1. The minimum absolute atomic E-state index is 0.0625. The predicted molar refractivity (Wildman–Crippen MR) is 72.4 cm³/mol. The smallest absolute Gasteiger partial charge is 0.335 e. The molecule has 18 heavy (non-hydrogen) atoms. The molecule has 0 aromatic heterocycles. The predicted octanol–water partition coefficient (Wildman–Crippen LogP) is 3.45. The number of carbonyl (C=O) groups is 1. The molecule has 1 saturated carbocycles. The Kier molecular flexibility index (Phi) is 5.64. The van der Waals surface area contributed by atoms with Gasteiger partial charge < -0.3 is 10.2 Å². The van der Waals surface area contributed by atoms with Crippen LogP contribution in [0.4, 0.5) is 0 Å². The van der Waals surface area contributed by atoms with Crippen molar-refractivity contribution in [3.63, 3.8) is 0 Å². The minimum Gasteiger partial charge on any atom is -0.479 e. The van der Waals surface area contributed by atoms with Crippen LogP contribution in [-0.4, -0.2) is 21.8 Å². The summed E-state index contributed by atoms with van der Waals surface area (Å²) >= 11 is 0. The van der Waals surface area contributed by atoms with E-state index in [0.717, 1.165) is 25.7 Å². The summed E-state index contributed by atoms with van der Waals surface area (Å²) in [4.78, 5) is 11.4. The van der Waals surface area contributed by atoms with Crippen molar-refractivity contribution in [2.75, 3.05) is 0 Å². The largest absolute Gasteiger partial charge is 0.479 e. The normalized spacial score (nSPS) is 28.1. The van der Waals surface area contributed by atoms with Crippen molar-refractivity contribution in [3.05, 3.63) is 0 Å². The fraction of sp³-hybridized carbons (Fsp3) is 0.933. The van der Waals surface area contributed by atoms with Gasteiger partial charge in [0, 0.05) is 0 Å². The summed E-state index contributed by atoms with van der Waals surface area (Å²) in [5.41, 5.74) is -1.50. The Balaban J connectivity index is 2.71. The lowest BCUT2D eigenvalue weighted by Crippen LogP contribution is -2.47. The molecule has 0 heterocycles. The molecule has 3 nitrogen and oxygen atoms in total. The van der Waals surface area contributed by atoms with Crippen LogP contribution in [0.2, 0.25) is 0 Å². The van der Waals surface area contributed by atoms with Gasteiger partial charge in [0.2, 0.25) is 0 Å². The number of hydrogen-bond donors (Lipinski definition) is 2. The van der Waals surface area contributed by atoms with Crippen LogP contribution < -0.4 is 0 Å². The summed E-state index contributed by atoms with van der Waals surface area (Å²) in [5, 5.41) is 19.8. The first-order chi connectivity index (χ1) is 8.40. The zero-order chi connectivity index (χ0) is 13.8. The average molecular weight is 256 g/mol. The molecule has 1 aliphatic carbocycles. The number of rotatable bonds is 6. The Labute approximate surface area is 111 Å². The Morgan fingerprint density at radius 3 is 2.56 bits per heavy atom. The van der Waals surface area contributed by atoms with E-state index in [1.165, 1.54) is 6.42 Å². The molecule has 1 fully saturated rings. The number of aliphatic hydroxyl groups is 1. The maximum absolute atomic E-state index is 11.4. The summed E-state index contributed by atoms with van der Waals surface area (Å²) < 4.78 is 0. The van der Waals surface area contributed by atoms with Crippen LogP contribution in [0.25, 0.3) is 0 Å². The molecular weight excluding hydrogens is 228 g/mol. The molecule has 0 radical (unpaired) electrons. The highest BCUT2D eigenvalue weighted by atomic mass is 16.4. The Hall–Kier alpha value is -0.570. The zero-order valence-corrected chi connectivity index (χ0v) is 12.0. The van der Waals surface area contributed by atoms with Gasteiger partial charge >= 0.3 is 5.97 Å². The van der Waals surface area contributed by atoms with E-state index >= 15 is 0 Å². The highest BCUT2D eigenvalue weighted by Gasteiger charge is 2.44. The van der Waals surface area contributed by atoms with Crippen LogP contribution >= 0.6 is 0 Å². The number of carboxylic acid groups (broad SMARTS) is 1. The second-order valence-electron chi connectivity index (χ2n) is 6.34. The van der Waals surface area contributed by atoms with Crippen molar-refractivity contribution in [2.45, 2.75) is 71.3 Å². The van der Waals surface area contributed by atoms with Gasteiger partial charge in [0.1, 0.15) is 0 Å². The van der Waals surface area contributed by atoms with Gasteiger partial charge in [-0.15, -0.1) is 0 Å². The van der Waals surface area contributed by atoms with Crippen molar-refractivity contribution in [1.82, 2.24) is 0 Å². The average Bonchev–Trinajstić information content (AvgIpc) is 2.28. The lowest BCUT2D eigenvalue weighted by atomic mass is 9.69.